The van der Waals surface area contributed by atoms with Crippen LogP contribution in [0.15, 0.2) is 103 Å². The van der Waals surface area contributed by atoms with Crippen LogP contribution in [0.4, 0.5) is 8.78 Å². The minimum absolute atomic E-state index is 0. The second-order valence-electron chi connectivity index (χ2n) is 12.8. The summed E-state index contributed by atoms with van der Waals surface area (Å²) < 4.78 is 44.4. The number of halogens is 4. The fraction of sp³-hybridized carbons (Fsp3) is 0.238. The Morgan fingerprint density at radius 1 is 0.811 bits per heavy atom. The van der Waals surface area contributed by atoms with Gasteiger partial charge in [-0.1, -0.05) is 41.9 Å². The third-order valence-corrected chi connectivity index (χ3v) is 9.07. The zero-order valence-corrected chi connectivity index (χ0v) is 31.1. The zero-order chi connectivity index (χ0) is 36.5. The monoisotopic (exact) mass is 759 g/mol. The lowest BCUT2D eigenvalue weighted by molar-refractivity contribution is -0.104. The zero-order valence-electron chi connectivity index (χ0n) is 29.6. The van der Waals surface area contributed by atoms with Gasteiger partial charge < -0.3 is 19.1 Å². The molecule has 1 aliphatic heterocycles. The second kappa shape index (κ2) is 18.7. The molecule has 0 bridgehead atoms. The third kappa shape index (κ3) is 11.0. The second-order valence-corrected chi connectivity index (χ2v) is 13.2. The lowest BCUT2D eigenvalue weighted by Gasteiger charge is -2.37. The van der Waals surface area contributed by atoms with Crippen molar-refractivity contribution >= 4 is 36.0 Å². The van der Waals surface area contributed by atoms with Gasteiger partial charge >= 0.3 is 0 Å². The van der Waals surface area contributed by atoms with Crippen LogP contribution >= 0.6 is 24.0 Å². The van der Waals surface area contributed by atoms with Gasteiger partial charge in [0.05, 0.1) is 17.8 Å². The van der Waals surface area contributed by atoms with Gasteiger partial charge in [-0.25, -0.2) is 13.8 Å². The molecule has 1 aliphatic rings. The Morgan fingerprint density at radius 3 is 2.19 bits per heavy atom. The molecule has 0 radical (unpaired) electrons. The normalized spacial score (nSPS) is 13.3. The molecule has 6 rings (SSSR count). The highest BCUT2D eigenvalue weighted by Crippen LogP contribution is 2.36. The first-order chi connectivity index (χ1) is 25.2. The predicted molar refractivity (Wildman–Crippen MR) is 206 cm³/mol. The number of carbonyl (C=O) groups excluding carboxylic acids is 1. The molecule has 0 spiro atoms. The quantitative estimate of drug-likeness (QED) is 0.0826. The van der Waals surface area contributed by atoms with E-state index in [0.29, 0.717) is 34.8 Å². The molecule has 0 amide bonds. The number of aldehydes is 1. The van der Waals surface area contributed by atoms with E-state index in [-0.39, 0.29) is 30.6 Å². The summed E-state index contributed by atoms with van der Waals surface area (Å²) in [4.78, 5) is 20.7. The Hall–Kier alpha value is -4.96. The number of allylic oxidation sites excluding steroid dienone is 1. The molecular weight excluding hydrogens is 719 g/mol. The predicted octanol–water partition coefficient (Wildman–Crippen LogP) is 9.40. The van der Waals surface area contributed by atoms with E-state index >= 15 is 0 Å². The number of piperazine rings is 1. The molecule has 7 nitrogen and oxygen atoms in total. The number of aryl methyl sites for hydroxylation is 2. The van der Waals surface area contributed by atoms with Gasteiger partial charge in [0.1, 0.15) is 36.0 Å². The summed E-state index contributed by atoms with van der Waals surface area (Å²) in [6, 6.07) is 26.6. The first kappa shape index (κ1) is 39.3. The largest absolute Gasteiger partial charge is 0.493 e. The summed E-state index contributed by atoms with van der Waals surface area (Å²) in [5.41, 5.74) is 6.41. The number of pyridine rings is 1. The molecule has 2 heterocycles. The van der Waals surface area contributed by atoms with E-state index in [1.807, 2.05) is 32.0 Å². The van der Waals surface area contributed by atoms with Crippen LogP contribution in [0.25, 0.3) is 5.70 Å². The standard InChI is InChI=1S/C42H40ClF2N3O4.ClH/c1-29-21-33(24-36(45)22-29)28-51-38-11-12-41(46-26-38)52-42-30(2)23-34(25-39(42)43)40(13-19-49)48-17-15-47(16-18-48)27-32-5-3-31(4-6-32)14-20-50-37-9-7-35(44)8-10-37;/h3-13,19,21-26H,14-18,20,27-28H2,1-2H3;1H/b40-13+;. The molecule has 0 N–H and O–H groups in total. The van der Waals surface area contributed by atoms with E-state index in [0.717, 1.165) is 73.4 Å². The maximum absolute atomic E-state index is 13.7. The maximum Gasteiger partial charge on any atom is 0.219 e. The van der Waals surface area contributed by atoms with Crippen molar-refractivity contribution < 1.29 is 27.8 Å². The lowest BCUT2D eigenvalue weighted by atomic mass is 10.1. The van der Waals surface area contributed by atoms with E-state index in [1.54, 1.807) is 36.5 Å². The molecule has 11 heteroatoms. The minimum atomic E-state index is -0.297. The number of ether oxygens (including phenoxy) is 3. The topological polar surface area (TPSA) is 64.1 Å². The van der Waals surface area contributed by atoms with Gasteiger partial charge in [-0.3, -0.25) is 9.69 Å². The number of rotatable bonds is 14. The highest BCUT2D eigenvalue weighted by Gasteiger charge is 2.22. The van der Waals surface area contributed by atoms with E-state index in [4.69, 9.17) is 25.8 Å². The first-order valence-electron chi connectivity index (χ1n) is 17.1. The fourth-order valence-electron chi connectivity index (χ4n) is 6.17. The number of carbonyl (C=O) groups is 1. The Bertz CT molecular complexity index is 1960. The smallest absolute Gasteiger partial charge is 0.219 e. The number of hydrogen-bond acceptors (Lipinski definition) is 7. The average Bonchev–Trinajstić information content (AvgIpc) is 3.13. The number of aromatic nitrogens is 1. The molecule has 0 atom stereocenters. The summed E-state index contributed by atoms with van der Waals surface area (Å²) in [7, 11) is 0. The van der Waals surface area contributed by atoms with E-state index < -0.39 is 0 Å². The van der Waals surface area contributed by atoms with Gasteiger partial charge in [0, 0.05) is 57.0 Å². The molecule has 1 fully saturated rings. The highest BCUT2D eigenvalue weighted by atomic mass is 35.5. The number of nitrogens with zero attached hydrogens (tertiary/aromatic N) is 3. The van der Waals surface area contributed by atoms with Gasteiger partial charge in [-0.15, -0.1) is 12.4 Å². The van der Waals surface area contributed by atoms with Gasteiger partial charge in [-0.2, -0.15) is 0 Å². The van der Waals surface area contributed by atoms with Crippen molar-refractivity contribution in [1.82, 2.24) is 14.8 Å². The van der Waals surface area contributed by atoms with E-state index in [2.05, 4.69) is 39.0 Å². The van der Waals surface area contributed by atoms with Crippen molar-refractivity contribution in [1.29, 1.82) is 0 Å². The van der Waals surface area contributed by atoms with Gasteiger partial charge in [-0.05, 0) is 102 Å². The Morgan fingerprint density at radius 2 is 1.53 bits per heavy atom. The van der Waals surface area contributed by atoms with Crippen molar-refractivity contribution in [3.05, 3.63) is 153 Å². The van der Waals surface area contributed by atoms with Gasteiger partial charge in [0.25, 0.3) is 0 Å². The average molecular weight is 761 g/mol. The Balaban J connectivity index is 0.00000541. The van der Waals surface area contributed by atoms with Crippen LogP contribution in [-0.2, 0) is 24.4 Å². The summed E-state index contributed by atoms with van der Waals surface area (Å²) in [6.45, 7) is 8.49. The van der Waals surface area contributed by atoms with Crippen molar-refractivity contribution in [2.24, 2.45) is 0 Å². The summed E-state index contributed by atoms with van der Waals surface area (Å²) in [5.74, 6) is 1.43. The fourth-order valence-corrected chi connectivity index (χ4v) is 6.47. The van der Waals surface area contributed by atoms with Crippen molar-refractivity contribution in [2.45, 2.75) is 33.4 Å². The number of hydrogen-bond donors (Lipinski definition) is 0. The minimum Gasteiger partial charge on any atom is -0.493 e. The first-order valence-corrected chi connectivity index (χ1v) is 17.5. The van der Waals surface area contributed by atoms with Gasteiger partial charge in [0.2, 0.25) is 5.88 Å². The van der Waals surface area contributed by atoms with Gasteiger partial charge in [0.15, 0.2) is 5.75 Å². The molecule has 0 saturated carbocycles. The molecule has 1 aromatic heterocycles. The number of benzene rings is 4. The Kier molecular flexibility index (Phi) is 13.8. The molecule has 4 aromatic carbocycles. The molecule has 0 aliphatic carbocycles. The third-order valence-electron chi connectivity index (χ3n) is 8.79. The van der Waals surface area contributed by atoms with Crippen LogP contribution in [0.5, 0.6) is 23.1 Å². The summed E-state index contributed by atoms with van der Waals surface area (Å²) in [6.07, 6.45) is 4.71. The van der Waals surface area contributed by atoms with E-state index in [9.17, 15) is 13.6 Å². The molecule has 0 unspecified atom stereocenters. The molecule has 276 valence electrons. The summed E-state index contributed by atoms with van der Waals surface area (Å²) >= 11 is 6.76. The van der Waals surface area contributed by atoms with Crippen LogP contribution in [0.1, 0.15) is 33.4 Å². The lowest BCUT2D eigenvalue weighted by Crippen LogP contribution is -2.45. The molecule has 53 heavy (non-hydrogen) atoms. The SMILES string of the molecule is Cc1cc(F)cc(COc2ccc(Oc3c(C)cc(/C(=C\C=O)N4CCN(Cc5ccc(CCOc6ccc(F)cc6)cc5)CC4)cc3Cl)nc2)c1.Cl. The van der Waals surface area contributed by atoms with Crippen molar-refractivity contribution in [3.63, 3.8) is 0 Å². The molecular formula is C42H41Cl2F2N3O4. The van der Waals surface area contributed by atoms with Crippen LogP contribution < -0.4 is 14.2 Å². The molecule has 1 saturated heterocycles. The Labute approximate surface area is 320 Å². The van der Waals surface area contributed by atoms with Crippen molar-refractivity contribution in [2.75, 3.05) is 32.8 Å². The van der Waals surface area contributed by atoms with Crippen LogP contribution in [0.2, 0.25) is 5.02 Å². The highest BCUT2D eigenvalue weighted by molar-refractivity contribution is 6.32. The van der Waals surface area contributed by atoms with Crippen LogP contribution in [-0.4, -0.2) is 53.9 Å². The van der Waals surface area contributed by atoms with Crippen molar-refractivity contribution in [3.8, 4) is 23.1 Å². The maximum atomic E-state index is 13.7. The van der Waals surface area contributed by atoms with Crippen LogP contribution in [0.3, 0.4) is 0 Å². The van der Waals surface area contributed by atoms with E-state index in [1.165, 1.54) is 35.4 Å². The molecule has 5 aromatic rings. The van der Waals surface area contributed by atoms with Crippen LogP contribution in [0, 0.1) is 25.5 Å². The summed E-state index contributed by atoms with van der Waals surface area (Å²) in [5, 5.41) is 0.402.